The Bertz CT molecular complexity index is 185. The third-order valence-corrected chi connectivity index (χ3v) is 1.40. The van der Waals surface area contributed by atoms with Gasteiger partial charge in [-0.3, -0.25) is 0 Å². The summed E-state index contributed by atoms with van der Waals surface area (Å²) in [5, 5.41) is 0.667. The molecule has 1 heterocycles. The standard InChI is InChI=1S/C6H8ClNO/c7-5-2-4-9-6(5)1-3-8/h2,4H,1,3,8H2. The van der Waals surface area contributed by atoms with Crippen molar-refractivity contribution in [1.82, 2.24) is 0 Å². The number of hydrogen-bond acceptors (Lipinski definition) is 2. The second kappa shape index (κ2) is 2.90. The number of hydrogen-bond donors (Lipinski definition) is 1. The zero-order chi connectivity index (χ0) is 6.69. The quantitative estimate of drug-likeness (QED) is 0.684. The highest BCUT2D eigenvalue weighted by Gasteiger charge is 1.99. The van der Waals surface area contributed by atoms with E-state index in [2.05, 4.69) is 0 Å². The van der Waals surface area contributed by atoms with Crippen LogP contribution < -0.4 is 5.73 Å². The fourth-order valence-electron chi connectivity index (χ4n) is 0.635. The lowest BCUT2D eigenvalue weighted by atomic mass is 10.3. The van der Waals surface area contributed by atoms with Crippen molar-refractivity contribution in [3.05, 3.63) is 23.1 Å². The van der Waals surface area contributed by atoms with Crippen LogP contribution in [0.1, 0.15) is 5.76 Å². The smallest absolute Gasteiger partial charge is 0.123 e. The van der Waals surface area contributed by atoms with Gasteiger partial charge in [0, 0.05) is 6.42 Å². The molecule has 2 nitrogen and oxygen atoms in total. The van der Waals surface area contributed by atoms with Crippen molar-refractivity contribution in [2.24, 2.45) is 5.73 Å². The van der Waals surface area contributed by atoms with Crippen molar-refractivity contribution in [2.75, 3.05) is 6.54 Å². The van der Waals surface area contributed by atoms with Crippen molar-refractivity contribution in [2.45, 2.75) is 6.42 Å². The molecule has 0 spiro atoms. The lowest BCUT2D eigenvalue weighted by Gasteiger charge is -1.89. The van der Waals surface area contributed by atoms with E-state index in [-0.39, 0.29) is 0 Å². The van der Waals surface area contributed by atoms with Crippen molar-refractivity contribution in [1.29, 1.82) is 0 Å². The average Bonchev–Trinajstić information content (AvgIpc) is 2.18. The van der Waals surface area contributed by atoms with Crippen LogP contribution in [0.2, 0.25) is 5.02 Å². The summed E-state index contributed by atoms with van der Waals surface area (Å²) in [5.74, 6) is 0.777. The zero-order valence-electron chi connectivity index (χ0n) is 4.93. The zero-order valence-corrected chi connectivity index (χ0v) is 5.69. The molecule has 0 aliphatic heterocycles. The minimum atomic E-state index is 0.577. The molecule has 0 amide bonds. The maximum absolute atomic E-state index is 5.67. The monoisotopic (exact) mass is 145 g/mol. The van der Waals surface area contributed by atoms with Crippen LogP contribution in [-0.2, 0) is 6.42 Å². The van der Waals surface area contributed by atoms with Gasteiger partial charge in [0.15, 0.2) is 0 Å². The molecule has 0 radical (unpaired) electrons. The Morgan fingerprint density at radius 2 is 2.44 bits per heavy atom. The largest absolute Gasteiger partial charge is 0.468 e. The first-order valence-electron chi connectivity index (χ1n) is 2.76. The first kappa shape index (κ1) is 6.65. The number of furan rings is 1. The summed E-state index contributed by atoms with van der Waals surface area (Å²) in [6.07, 6.45) is 2.28. The van der Waals surface area contributed by atoms with E-state index in [1.54, 1.807) is 12.3 Å². The van der Waals surface area contributed by atoms with Crippen molar-refractivity contribution in [3.8, 4) is 0 Å². The molecular formula is C6H8ClNO. The van der Waals surface area contributed by atoms with Crippen LogP contribution >= 0.6 is 11.6 Å². The molecule has 0 aliphatic carbocycles. The minimum absolute atomic E-state index is 0.577. The van der Waals surface area contributed by atoms with Gasteiger partial charge in [0.2, 0.25) is 0 Å². The second-order valence-corrected chi connectivity index (χ2v) is 2.14. The van der Waals surface area contributed by atoms with Gasteiger partial charge in [-0.05, 0) is 12.6 Å². The summed E-state index contributed by atoms with van der Waals surface area (Å²) < 4.78 is 4.99. The van der Waals surface area contributed by atoms with Gasteiger partial charge in [-0.1, -0.05) is 11.6 Å². The third-order valence-electron chi connectivity index (χ3n) is 1.06. The van der Waals surface area contributed by atoms with E-state index in [4.69, 9.17) is 21.8 Å². The van der Waals surface area contributed by atoms with E-state index in [1.807, 2.05) is 0 Å². The molecule has 0 saturated carbocycles. The summed E-state index contributed by atoms with van der Waals surface area (Å²) in [7, 11) is 0. The van der Waals surface area contributed by atoms with E-state index in [1.165, 1.54) is 0 Å². The Morgan fingerprint density at radius 3 is 2.89 bits per heavy atom. The molecule has 9 heavy (non-hydrogen) atoms. The van der Waals surface area contributed by atoms with Gasteiger partial charge >= 0.3 is 0 Å². The highest BCUT2D eigenvalue weighted by atomic mass is 35.5. The second-order valence-electron chi connectivity index (χ2n) is 1.73. The topological polar surface area (TPSA) is 39.2 Å². The molecule has 1 rings (SSSR count). The van der Waals surface area contributed by atoms with Gasteiger partial charge in [-0.2, -0.15) is 0 Å². The normalized spacial score (nSPS) is 10.0. The van der Waals surface area contributed by atoms with Gasteiger partial charge in [0.1, 0.15) is 5.76 Å². The lowest BCUT2D eigenvalue weighted by Crippen LogP contribution is -2.01. The van der Waals surface area contributed by atoms with E-state index >= 15 is 0 Å². The van der Waals surface area contributed by atoms with Gasteiger partial charge in [0.05, 0.1) is 11.3 Å². The predicted octanol–water partition coefficient (Wildman–Crippen LogP) is 1.43. The van der Waals surface area contributed by atoms with E-state index < -0.39 is 0 Å². The lowest BCUT2D eigenvalue weighted by molar-refractivity contribution is 0.511. The molecule has 0 fully saturated rings. The SMILES string of the molecule is NCCc1occc1Cl. The van der Waals surface area contributed by atoms with Crippen molar-refractivity contribution < 1.29 is 4.42 Å². The maximum Gasteiger partial charge on any atom is 0.123 e. The number of rotatable bonds is 2. The van der Waals surface area contributed by atoms with E-state index in [0.29, 0.717) is 18.0 Å². The maximum atomic E-state index is 5.67. The molecule has 0 aromatic carbocycles. The molecule has 2 N–H and O–H groups in total. The van der Waals surface area contributed by atoms with Crippen LogP contribution in [0.4, 0.5) is 0 Å². The van der Waals surface area contributed by atoms with Gasteiger partial charge in [0.25, 0.3) is 0 Å². The third kappa shape index (κ3) is 1.47. The molecule has 50 valence electrons. The van der Waals surface area contributed by atoms with Crippen LogP contribution in [0.25, 0.3) is 0 Å². The van der Waals surface area contributed by atoms with E-state index in [0.717, 1.165) is 5.76 Å². The van der Waals surface area contributed by atoms with Gasteiger partial charge in [-0.15, -0.1) is 0 Å². The molecule has 0 saturated heterocycles. The minimum Gasteiger partial charge on any atom is -0.468 e. The molecule has 3 heteroatoms. The summed E-state index contributed by atoms with van der Waals surface area (Å²) in [5.41, 5.74) is 5.27. The molecule has 1 aromatic heterocycles. The Balaban J connectivity index is 2.69. The molecule has 0 bridgehead atoms. The van der Waals surface area contributed by atoms with E-state index in [9.17, 15) is 0 Å². The molecule has 0 atom stereocenters. The van der Waals surface area contributed by atoms with Crippen LogP contribution in [0.15, 0.2) is 16.7 Å². The summed E-state index contributed by atoms with van der Waals surface area (Å²) in [4.78, 5) is 0. The van der Waals surface area contributed by atoms with Crippen LogP contribution in [-0.4, -0.2) is 6.54 Å². The summed E-state index contributed by atoms with van der Waals surface area (Å²) >= 11 is 5.67. The summed E-state index contributed by atoms with van der Waals surface area (Å²) in [6, 6.07) is 1.71. The predicted molar refractivity (Wildman–Crippen MR) is 36.5 cm³/mol. The highest BCUT2D eigenvalue weighted by molar-refractivity contribution is 6.31. The van der Waals surface area contributed by atoms with Crippen molar-refractivity contribution >= 4 is 11.6 Å². The number of nitrogens with two attached hydrogens (primary N) is 1. The van der Waals surface area contributed by atoms with Crippen LogP contribution in [0.5, 0.6) is 0 Å². The Labute approximate surface area is 58.6 Å². The van der Waals surface area contributed by atoms with Gasteiger partial charge in [-0.25, -0.2) is 0 Å². The van der Waals surface area contributed by atoms with Gasteiger partial charge < -0.3 is 10.2 Å². The highest BCUT2D eigenvalue weighted by Crippen LogP contribution is 2.15. The van der Waals surface area contributed by atoms with Crippen LogP contribution in [0, 0.1) is 0 Å². The molecule has 0 unspecified atom stereocenters. The molecular weight excluding hydrogens is 138 g/mol. The average molecular weight is 146 g/mol. The Kier molecular flexibility index (Phi) is 2.14. The van der Waals surface area contributed by atoms with Crippen molar-refractivity contribution in [3.63, 3.8) is 0 Å². The Morgan fingerprint density at radius 1 is 1.67 bits per heavy atom. The first-order chi connectivity index (χ1) is 4.34. The first-order valence-corrected chi connectivity index (χ1v) is 3.14. The van der Waals surface area contributed by atoms with Crippen LogP contribution in [0.3, 0.4) is 0 Å². The molecule has 1 aromatic rings. The number of halogens is 1. The fraction of sp³-hybridized carbons (Fsp3) is 0.333. The summed E-state index contributed by atoms with van der Waals surface area (Å²) in [6.45, 7) is 0.577. The fourth-order valence-corrected chi connectivity index (χ4v) is 0.825. The Hall–Kier alpha value is -0.470. The molecule has 0 aliphatic rings.